The van der Waals surface area contributed by atoms with Crippen molar-refractivity contribution in [3.63, 3.8) is 0 Å². The van der Waals surface area contributed by atoms with E-state index in [1.54, 1.807) is 25.1 Å². The van der Waals surface area contributed by atoms with E-state index in [0.717, 1.165) is 4.31 Å². The number of para-hydroxylation sites is 1. The molecule has 118 valence electrons. The second-order valence-electron chi connectivity index (χ2n) is 5.31. The molecule has 0 aliphatic carbocycles. The predicted molar refractivity (Wildman–Crippen MR) is 83.7 cm³/mol. The van der Waals surface area contributed by atoms with Crippen LogP contribution in [0.3, 0.4) is 0 Å². The molecule has 1 amide bonds. The number of anilines is 1. The molecule has 6 nitrogen and oxygen atoms in total. The number of hydrogen-bond donors (Lipinski definition) is 2. The maximum absolute atomic E-state index is 12.3. The summed E-state index contributed by atoms with van der Waals surface area (Å²) < 4.78 is 25.7. The molecule has 0 bridgehead atoms. The molecule has 0 saturated carbocycles. The minimum absolute atomic E-state index is 0.0301. The lowest BCUT2D eigenvalue weighted by molar-refractivity contribution is -0.122. The predicted octanol–water partition coefficient (Wildman–Crippen LogP) is 1.26. The zero-order valence-electron chi connectivity index (χ0n) is 13.0. The summed E-state index contributed by atoms with van der Waals surface area (Å²) in [4.78, 5) is 12.1. The van der Waals surface area contributed by atoms with E-state index in [0.29, 0.717) is 5.69 Å². The number of hydrogen-bond acceptors (Lipinski definition) is 4. The van der Waals surface area contributed by atoms with Gasteiger partial charge in [0.25, 0.3) is 0 Å². The van der Waals surface area contributed by atoms with E-state index < -0.39 is 16.1 Å². The van der Waals surface area contributed by atoms with Crippen LogP contribution in [-0.2, 0) is 14.8 Å². The van der Waals surface area contributed by atoms with E-state index in [1.165, 1.54) is 20.2 Å². The molecule has 1 aromatic carbocycles. The molecule has 0 saturated heterocycles. The lowest BCUT2D eigenvalue weighted by Crippen LogP contribution is -2.41. The highest BCUT2D eigenvalue weighted by molar-refractivity contribution is 7.89. The third kappa shape index (κ3) is 4.44. The van der Waals surface area contributed by atoms with Gasteiger partial charge in [-0.1, -0.05) is 12.1 Å². The average molecular weight is 313 g/mol. The fourth-order valence-corrected chi connectivity index (χ4v) is 2.76. The Morgan fingerprint density at radius 1 is 1.14 bits per heavy atom. The molecule has 7 heteroatoms. The quantitative estimate of drug-likeness (QED) is 0.829. The largest absolute Gasteiger partial charge is 0.373 e. The first kappa shape index (κ1) is 17.5. The molecule has 0 spiro atoms. The van der Waals surface area contributed by atoms with Gasteiger partial charge in [0.15, 0.2) is 0 Å². The molecule has 1 atom stereocenters. The van der Waals surface area contributed by atoms with Crippen LogP contribution >= 0.6 is 0 Å². The third-order valence-electron chi connectivity index (χ3n) is 2.84. The second-order valence-corrected chi connectivity index (χ2v) is 7.43. The van der Waals surface area contributed by atoms with Crippen molar-refractivity contribution < 1.29 is 13.2 Å². The fraction of sp³-hybridized carbons (Fsp3) is 0.500. The zero-order valence-corrected chi connectivity index (χ0v) is 13.9. The fourth-order valence-electron chi connectivity index (χ4n) is 1.72. The van der Waals surface area contributed by atoms with E-state index in [1.807, 2.05) is 13.8 Å². The third-order valence-corrected chi connectivity index (χ3v) is 4.72. The summed E-state index contributed by atoms with van der Waals surface area (Å²) in [6, 6.07) is 6.04. The van der Waals surface area contributed by atoms with Gasteiger partial charge >= 0.3 is 0 Å². The molecule has 0 aromatic heterocycles. The first-order chi connectivity index (χ1) is 9.66. The van der Waals surface area contributed by atoms with Crippen LogP contribution in [0.25, 0.3) is 0 Å². The Labute approximate surface area is 126 Å². The number of rotatable bonds is 6. The van der Waals surface area contributed by atoms with Crippen LogP contribution in [0.2, 0.25) is 0 Å². The minimum Gasteiger partial charge on any atom is -0.373 e. The smallest absolute Gasteiger partial charge is 0.244 e. The van der Waals surface area contributed by atoms with Crippen molar-refractivity contribution in [2.24, 2.45) is 0 Å². The van der Waals surface area contributed by atoms with Crippen LogP contribution in [0.1, 0.15) is 20.8 Å². The van der Waals surface area contributed by atoms with Crippen LogP contribution in [-0.4, -0.2) is 44.8 Å². The molecule has 0 aliphatic heterocycles. The van der Waals surface area contributed by atoms with Gasteiger partial charge in [-0.05, 0) is 32.9 Å². The van der Waals surface area contributed by atoms with Crippen molar-refractivity contribution in [2.75, 3.05) is 19.4 Å². The molecule has 2 N–H and O–H groups in total. The van der Waals surface area contributed by atoms with Crippen LogP contribution in [0.4, 0.5) is 5.69 Å². The van der Waals surface area contributed by atoms with Gasteiger partial charge in [0, 0.05) is 20.1 Å². The van der Waals surface area contributed by atoms with Crippen LogP contribution < -0.4 is 10.6 Å². The van der Waals surface area contributed by atoms with Crippen LogP contribution in [0.5, 0.6) is 0 Å². The molecule has 21 heavy (non-hydrogen) atoms. The summed E-state index contributed by atoms with van der Waals surface area (Å²) in [7, 11) is -0.616. The van der Waals surface area contributed by atoms with Crippen molar-refractivity contribution in [3.8, 4) is 0 Å². The Bertz CT molecular complexity index is 597. The van der Waals surface area contributed by atoms with Gasteiger partial charge in [0.2, 0.25) is 15.9 Å². The highest BCUT2D eigenvalue weighted by atomic mass is 32.2. The Hall–Kier alpha value is -1.60. The molecule has 1 unspecified atom stereocenters. The zero-order chi connectivity index (χ0) is 16.2. The average Bonchev–Trinajstić information content (AvgIpc) is 2.38. The van der Waals surface area contributed by atoms with Gasteiger partial charge in [-0.15, -0.1) is 0 Å². The molecule has 1 aromatic rings. The number of carbonyl (C=O) groups is 1. The molecule has 0 fully saturated rings. The van der Waals surface area contributed by atoms with Gasteiger partial charge in [0.1, 0.15) is 10.9 Å². The van der Waals surface area contributed by atoms with Crippen LogP contribution in [0.15, 0.2) is 29.2 Å². The monoisotopic (exact) mass is 313 g/mol. The number of carbonyl (C=O) groups excluding carboxylic acids is 1. The van der Waals surface area contributed by atoms with Gasteiger partial charge in [-0.2, -0.15) is 0 Å². The van der Waals surface area contributed by atoms with E-state index >= 15 is 0 Å². The van der Waals surface area contributed by atoms with E-state index in [9.17, 15) is 13.2 Å². The number of benzene rings is 1. The standard InChI is InChI=1S/C14H23N3O3S/c1-10(2)15-14(18)11(3)16-12-8-6-7-9-13(12)21(19,20)17(4)5/h6-11,16H,1-5H3,(H,15,18). The minimum atomic E-state index is -3.56. The molecular formula is C14H23N3O3S. The van der Waals surface area contributed by atoms with E-state index in [2.05, 4.69) is 10.6 Å². The molecular weight excluding hydrogens is 290 g/mol. The van der Waals surface area contributed by atoms with Gasteiger partial charge in [0.05, 0.1) is 5.69 Å². The number of sulfonamides is 1. The summed E-state index contributed by atoms with van der Waals surface area (Å²) in [5.74, 6) is -0.179. The summed E-state index contributed by atoms with van der Waals surface area (Å²) in [6.07, 6.45) is 0. The number of nitrogens with zero attached hydrogens (tertiary/aromatic N) is 1. The Morgan fingerprint density at radius 2 is 1.71 bits per heavy atom. The van der Waals surface area contributed by atoms with Gasteiger partial charge in [-0.3, -0.25) is 4.79 Å². The van der Waals surface area contributed by atoms with Crippen molar-refractivity contribution in [3.05, 3.63) is 24.3 Å². The van der Waals surface area contributed by atoms with Crippen molar-refractivity contribution in [1.82, 2.24) is 9.62 Å². The Balaban J connectivity index is 3.03. The summed E-state index contributed by atoms with van der Waals surface area (Å²) in [5, 5.41) is 5.74. The Kier molecular flexibility index (Phi) is 5.74. The summed E-state index contributed by atoms with van der Waals surface area (Å²) in [6.45, 7) is 5.43. The number of amides is 1. The highest BCUT2D eigenvalue weighted by Crippen LogP contribution is 2.23. The molecule has 1 rings (SSSR count). The van der Waals surface area contributed by atoms with Crippen molar-refractivity contribution >= 4 is 21.6 Å². The van der Waals surface area contributed by atoms with E-state index in [4.69, 9.17) is 0 Å². The highest BCUT2D eigenvalue weighted by Gasteiger charge is 2.23. The lowest BCUT2D eigenvalue weighted by Gasteiger charge is -2.20. The van der Waals surface area contributed by atoms with Gasteiger partial charge < -0.3 is 10.6 Å². The summed E-state index contributed by atoms with van der Waals surface area (Å²) >= 11 is 0. The maximum Gasteiger partial charge on any atom is 0.244 e. The SMILES string of the molecule is CC(C)NC(=O)C(C)Nc1ccccc1S(=O)(=O)N(C)C. The first-order valence-electron chi connectivity index (χ1n) is 6.74. The van der Waals surface area contributed by atoms with Crippen molar-refractivity contribution in [2.45, 2.75) is 37.8 Å². The maximum atomic E-state index is 12.3. The topological polar surface area (TPSA) is 78.5 Å². The number of nitrogens with one attached hydrogen (secondary N) is 2. The first-order valence-corrected chi connectivity index (χ1v) is 8.18. The normalized spacial score (nSPS) is 13.3. The Morgan fingerprint density at radius 3 is 2.24 bits per heavy atom. The van der Waals surface area contributed by atoms with Gasteiger partial charge in [-0.25, -0.2) is 12.7 Å². The van der Waals surface area contributed by atoms with E-state index in [-0.39, 0.29) is 16.8 Å². The summed E-state index contributed by atoms with van der Waals surface area (Å²) in [5.41, 5.74) is 0.414. The van der Waals surface area contributed by atoms with Crippen molar-refractivity contribution in [1.29, 1.82) is 0 Å². The molecule has 0 aliphatic rings. The van der Waals surface area contributed by atoms with Crippen LogP contribution in [0, 0.1) is 0 Å². The molecule has 0 heterocycles. The lowest BCUT2D eigenvalue weighted by atomic mass is 10.2. The molecule has 0 radical (unpaired) electrons. The second kappa shape index (κ2) is 6.91.